The molecule has 21 heavy (non-hydrogen) atoms. The van der Waals surface area contributed by atoms with E-state index in [2.05, 4.69) is 32.0 Å². The van der Waals surface area contributed by atoms with Crippen LogP contribution in [0.15, 0.2) is 36.4 Å². The molecule has 0 saturated carbocycles. The van der Waals surface area contributed by atoms with Crippen LogP contribution in [-0.4, -0.2) is 13.7 Å². The van der Waals surface area contributed by atoms with E-state index >= 15 is 0 Å². The van der Waals surface area contributed by atoms with E-state index < -0.39 is 0 Å². The molecule has 0 amide bonds. The third-order valence-corrected chi connectivity index (χ3v) is 3.55. The van der Waals surface area contributed by atoms with Gasteiger partial charge in [-0.25, -0.2) is 0 Å². The lowest BCUT2D eigenvalue weighted by Crippen LogP contribution is -2.04. The van der Waals surface area contributed by atoms with Crippen LogP contribution in [0.25, 0.3) is 0 Å². The Balaban J connectivity index is 2.18. The lowest BCUT2D eigenvalue weighted by atomic mass is 10.1. The molecule has 3 nitrogen and oxygen atoms in total. The molecule has 0 heterocycles. The van der Waals surface area contributed by atoms with Gasteiger partial charge in [-0.2, -0.15) is 0 Å². The fourth-order valence-corrected chi connectivity index (χ4v) is 2.27. The van der Waals surface area contributed by atoms with Gasteiger partial charge in [0.25, 0.3) is 0 Å². The van der Waals surface area contributed by atoms with Gasteiger partial charge in [0.1, 0.15) is 6.61 Å². The maximum absolute atomic E-state index is 5.97. The zero-order valence-electron chi connectivity index (χ0n) is 13.0. The van der Waals surface area contributed by atoms with Gasteiger partial charge in [-0.15, -0.1) is 0 Å². The first-order valence-corrected chi connectivity index (χ1v) is 7.20. The normalized spacial score (nSPS) is 10.5. The van der Waals surface area contributed by atoms with Crippen LogP contribution in [0.2, 0.25) is 0 Å². The zero-order valence-corrected chi connectivity index (χ0v) is 13.0. The van der Waals surface area contributed by atoms with Gasteiger partial charge in [-0.05, 0) is 55.6 Å². The predicted octanol–water partition coefficient (Wildman–Crippen LogP) is 3.39. The molecule has 3 heteroatoms. The van der Waals surface area contributed by atoms with Gasteiger partial charge < -0.3 is 15.2 Å². The van der Waals surface area contributed by atoms with Crippen LogP contribution < -0.4 is 15.2 Å². The van der Waals surface area contributed by atoms with Crippen LogP contribution in [0.5, 0.6) is 11.5 Å². The molecule has 2 aromatic rings. The van der Waals surface area contributed by atoms with Gasteiger partial charge >= 0.3 is 0 Å². The first-order valence-electron chi connectivity index (χ1n) is 7.20. The highest BCUT2D eigenvalue weighted by Gasteiger charge is 2.07. The van der Waals surface area contributed by atoms with Crippen molar-refractivity contribution in [1.29, 1.82) is 0 Å². The number of hydrogen-bond acceptors (Lipinski definition) is 3. The standard InChI is InChI=1S/C18H23NO2/c1-13-4-5-14(2)16(10-13)12-21-18-11-15(8-9-19)6-7-17(18)20-3/h4-7,10-11H,8-9,12,19H2,1-3H3. The summed E-state index contributed by atoms with van der Waals surface area (Å²) in [4.78, 5) is 0. The van der Waals surface area contributed by atoms with Crippen molar-refractivity contribution in [2.75, 3.05) is 13.7 Å². The summed E-state index contributed by atoms with van der Waals surface area (Å²) in [5, 5.41) is 0. The van der Waals surface area contributed by atoms with Crippen molar-refractivity contribution >= 4 is 0 Å². The number of benzene rings is 2. The van der Waals surface area contributed by atoms with Crippen molar-refractivity contribution in [3.63, 3.8) is 0 Å². The highest BCUT2D eigenvalue weighted by molar-refractivity contribution is 5.43. The molecular weight excluding hydrogens is 262 g/mol. The minimum absolute atomic E-state index is 0.538. The number of ether oxygens (including phenoxy) is 2. The molecule has 2 rings (SSSR count). The molecule has 0 fully saturated rings. The molecule has 0 aliphatic rings. The molecule has 0 aliphatic heterocycles. The van der Waals surface area contributed by atoms with Gasteiger partial charge in [0, 0.05) is 0 Å². The maximum atomic E-state index is 5.97. The second-order valence-electron chi connectivity index (χ2n) is 5.24. The zero-order chi connectivity index (χ0) is 15.2. The number of rotatable bonds is 6. The van der Waals surface area contributed by atoms with Crippen LogP contribution in [0, 0.1) is 13.8 Å². The number of hydrogen-bond donors (Lipinski definition) is 1. The quantitative estimate of drug-likeness (QED) is 0.884. The number of aryl methyl sites for hydroxylation is 2. The van der Waals surface area contributed by atoms with Gasteiger partial charge in [-0.1, -0.05) is 29.8 Å². The van der Waals surface area contributed by atoms with Gasteiger partial charge in [0.2, 0.25) is 0 Å². The van der Waals surface area contributed by atoms with E-state index in [1.165, 1.54) is 16.7 Å². The van der Waals surface area contributed by atoms with E-state index in [9.17, 15) is 0 Å². The van der Waals surface area contributed by atoms with Crippen LogP contribution in [0.4, 0.5) is 0 Å². The molecule has 0 aromatic heterocycles. The van der Waals surface area contributed by atoms with Crippen molar-refractivity contribution < 1.29 is 9.47 Å². The van der Waals surface area contributed by atoms with Crippen molar-refractivity contribution in [3.8, 4) is 11.5 Å². The average molecular weight is 285 g/mol. The highest BCUT2D eigenvalue weighted by atomic mass is 16.5. The lowest BCUT2D eigenvalue weighted by Gasteiger charge is -2.14. The molecule has 0 unspecified atom stereocenters. The molecule has 112 valence electrons. The first kappa shape index (κ1) is 15.4. The van der Waals surface area contributed by atoms with Crippen LogP contribution in [0.1, 0.15) is 22.3 Å². The second kappa shape index (κ2) is 7.14. The van der Waals surface area contributed by atoms with Gasteiger partial charge in [0.15, 0.2) is 11.5 Å². The van der Waals surface area contributed by atoms with E-state index in [-0.39, 0.29) is 0 Å². The topological polar surface area (TPSA) is 44.5 Å². The smallest absolute Gasteiger partial charge is 0.161 e. The first-order chi connectivity index (χ1) is 10.1. The minimum Gasteiger partial charge on any atom is -0.493 e. The Bertz CT molecular complexity index is 608. The third kappa shape index (κ3) is 3.99. The summed E-state index contributed by atoms with van der Waals surface area (Å²) in [6.45, 7) is 5.35. The molecule has 0 aliphatic carbocycles. The lowest BCUT2D eigenvalue weighted by molar-refractivity contribution is 0.283. The molecule has 2 N–H and O–H groups in total. The average Bonchev–Trinajstić information content (AvgIpc) is 2.49. The van der Waals surface area contributed by atoms with Crippen molar-refractivity contribution in [3.05, 3.63) is 58.7 Å². The van der Waals surface area contributed by atoms with E-state index in [0.717, 1.165) is 23.5 Å². The largest absolute Gasteiger partial charge is 0.493 e. The Morgan fingerprint density at radius 1 is 1.00 bits per heavy atom. The Morgan fingerprint density at radius 2 is 1.81 bits per heavy atom. The predicted molar refractivity (Wildman–Crippen MR) is 86.0 cm³/mol. The Labute approximate surface area is 126 Å². The minimum atomic E-state index is 0.538. The molecule has 2 aromatic carbocycles. The van der Waals surface area contributed by atoms with E-state index in [0.29, 0.717) is 13.2 Å². The molecular formula is C18H23NO2. The molecule has 0 spiro atoms. The SMILES string of the molecule is COc1ccc(CCN)cc1OCc1cc(C)ccc1C. The van der Waals surface area contributed by atoms with Gasteiger partial charge in [0.05, 0.1) is 7.11 Å². The molecule has 0 atom stereocenters. The summed E-state index contributed by atoms with van der Waals surface area (Å²) < 4.78 is 11.3. The van der Waals surface area contributed by atoms with Crippen molar-refractivity contribution in [1.82, 2.24) is 0 Å². The summed E-state index contributed by atoms with van der Waals surface area (Å²) in [6.07, 6.45) is 0.837. The number of nitrogens with two attached hydrogens (primary N) is 1. The summed E-state index contributed by atoms with van der Waals surface area (Å²) in [5.41, 5.74) is 10.4. The van der Waals surface area contributed by atoms with Crippen LogP contribution in [-0.2, 0) is 13.0 Å². The fourth-order valence-electron chi connectivity index (χ4n) is 2.27. The summed E-state index contributed by atoms with van der Waals surface area (Å²) in [5.74, 6) is 1.52. The van der Waals surface area contributed by atoms with E-state index in [4.69, 9.17) is 15.2 Å². The summed E-state index contributed by atoms with van der Waals surface area (Å²) >= 11 is 0. The monoisotopic (exact) mass is 285 g/mol. The highest BCUT2D eigenvalue weighted by Crippen LogP contribution is 2.29. The Kier molecular flexibility index (Phi) is 5.23. The molecule has 0 radical (unpaired) electrons. The third-order valence-electron chi connectivity index (χ3n) is 3.55. The van der Waals surface area contributed by atoms with Crippen LogP contribution >= 0.6 is 0 Å². The van der Waals surface area contributed by atoms with E-state index in [1.54, 1.807) is 7.11 Å². The summed E-state index contributed by atoms with van der Waals surface area (Å²) in [6, 6.07) is 12.4. The van der Waals surface area contributed by atoms with Crippen LogP contribution in [0.3, 0.4) is 0 Å². The number of methoxy groups -OCH3 is 1. The summed E-state index contributed by atoms with van der Waals surface area (Å²) in [7, 11) is 1.66. The molecule has 0 saturated heterocycles. The Morgan fingerprint density at radius 3 is 2.52 bits per heavy atom. The maximum Gasteiger partial charge on any atom is 0.161 e. The second-order valence-corrected chi connectivity index (χ2v) is 5.24. The van der Waals surface area contributed by atoms with E-state index in [1.807, 2.05) is 18.2 Å². The van der Waals surface area contributed by atoms with Crippen molar-refractivity contribution in [2.45, 2.75) is 26.9 Å². The van der Waals surface area contributed by atoms with Gasteiger partial charge in [-0.3, -0.25) is 0 Å². The Hall–Kier alpha value is -2.00. The van der Waals surface area contributed by atoms with Crippen molar-refractivity contribution in [2.24, 2.45) is 5.73 Å². The fraction of sp³-hybridized carbons (Fsp3) is 0.333. The molecule has 0 bridgehead atoms.